The van der Waals surface area contributed by atoms with Crippen molar-refractivity contribution in [3.8, 4) is 11.5 Å². The Hall–Kier alpha value is -2.05. The van der Waals surface area contributed by atoms with Gasteiger partial charge >= 0.3 is 0 Å². The number of aliphatic hydroxyl groups is 1. The van der Waals surface area contributed by atoms with Gasteiger partial charge in [-0.3, -0.25) is 0 Å². The molecule has 0 saturated heterocycles. The summed E-state index contributed by atoms with van der Waals surface area (Å²) >= 11 is 0. The first kappa shape index (κ1) is 29.4. The maximum atomic E-state index is 12.1. The van der Waals surface area contributed by atoms with Crippen molar-refractivity contribution in [2.24, 2.45) is 17.3 Å². The zero-order valence-corrected chi connectivity index (χ0v) is 25.2. The summed E-state index contributed by atoms with van der Waals surface area (Å²) in [6, 6.07) is 14.5. The van der Waals surface area contributed by atoms with Gasteiger partial charge in [0.1, 0.15) is 21.3 Å². The first-order chi connectivity index (χ1) is 19.2. The Bertz CT molecular complexity index is 1240. The van der Waals surface area contributed by atoms with Gasteiger partial charge in [-0.15, -0.1) is 0 Å². The van der Waals surface area contributed by atoms with Crippen molar-refractivity contribution in [1.29, 1.82) is 0 Å². The molecule has 2 fully saturated rings. The highest BCUT2D eigenvalue weighted by Crippen LogP contribution is 2.65. The van der Waals surface area contributed by atoms with Gasteiger partial charge in [0.2, 0.25) is 0 Å². The SMILES string of the molecule is CCCCCS(=O)(=O)CCCCCOc1ccc([C@H]2C[C@]3(C)[C@@H](O)CC[C@H]3[C@@H]3CCc4cc(O)ccc4[C@H]32)cc1. The Balaban J connectivity index is 1.22. The van der Waals surface area contributed by atoms with E-state index in [-0.39, 0.29) is 17.3 Å². The lowest BCUT2D eigenvalue weighted by Crippen LogP contribution is -2.47. The van der Waals surface area contributed by atoms with E-state index in [0.717, 1.165) is 70.0 Å². The Morgan fingerprint density at radius 1 is 0.950 bits per heavy atom. The maximum Gasteiger partial charge on any atom is 0.150 e. The molecule has 0 radical (unpaired) electrons. The molecule has 0 bridgehead atoms. The summed E-state index contributed by atoms with van der Waals surface area (Å²) in [4.78, 5) is 0. The summed E-state index contributed by atoms with van der Waals surface area (Å²) < 4.78 is 30.3. The molecule has 0 amide bonds. The number of fused-ring (bicyclic) bond motifs is 5. The molecule has 0 unspecified atom stereocenters. The normalized spacial score (nSPS) is 29.4. The zero-order valence-electron chi connectivity index (χ0n) is 24.4. The fraction of sp³-hybridized carbons (Fsp3) is 0.647. The number of phenolic OH excluding ortho intramolecular Hbond substituents is 1. The van der Waals surface area contributed by atoms with Crippen molar-refractivity contribution in [3.05, 3.63) is 59.2 Å². The van der Waals surface area contributed by atoms with Crippen LogP contribution in [0.5, 0.6) is 11.5 Å². The number of unbranched alkanes of at least 4 members (excludes halogenated alkanes) is 4. The van der Waals surface area contributed by atoms with E-state index in [9.17, 15) is 18.6 Å². The zero-order chi connectivity index (χ0) is 28.3. The van der Waals surface area contributed by atoms with E-state index in [4.69, 9.17) is 4.74 Å². The summed E-state index contributed by atoms with van der Waals surface area (Å²) in [5.74, 6) is 3.60. The number of phenols is 1. The molecule has 0 heterocycles. The van der Waals surface area contributed by atoms with Crippen LogP contribution in [-0.2, 0) is 16.3 Å². The largest absolute Gasteiger partial charge is 0.508 e. The lowest BCUT2D eigenvalue weighted by Gasteiger charge is -2.54. The highest BCUT2D eigenvalue weighted by Gasteiger charge is 2.57. The van der Waals surface area contributed by atoms with Crippen molar-refractivity contribution in [3.63, 3.8) is 0 Å². The molecule has 6 atom stereocenters. The summed E-state index contributed by atoms with van der Waals surface area (Å²) in [5.41, 5.74) is 3.91. The number of aliphatic hydroxyl groups excluding tert-OH is 1. The second kappa shape index (κ2) is 12.4. The van der Waals surface area contributed by atoms with Crippen molar-refractivity contribution in [1.82, 2.24) is 0 Å². The minimum absolute atomic E-state index is 0.0566. The number of rotatable bonds is 12. The van der Waals surface area contributed by atoms with Crippen LogP contribution in [0.2, 0.25) is 0 Å². The van der Waals surface area contributed by atoms with Crippen molar-refractivity contribution >= 4 is 9.84 Å². The van der Waals surface area contributed by atoms with Gasteiger partial charge in [0.15, 0.2) is 0 Å². The molecule has 5 rings (SSSR count). The first-order valence-electron chi connectivity index (χ1n) is 15.6. The molecule has 5 nitrogen and oxygen atoms in total. The molecule has 0 aromatic heterocycles. The minimum atomic E-state index is -2.92. The molecule has 2 aromatic rings. The number of hydrogen-bond acceptors (Lipinski definition) is 5. The number of hydrogen-bond donors (Lipinski definition) is 2. The van der Waals surface area contributed by atoms with Crippen molar-refractivity contribution in [2.45, 2.75) is 102 Å². The van der Waals surface area contributed by atoms with Gasteiger partial charge in [0, 0.05) is 0 Å². The Labute approximate surface area is 241 Å². The van der Waals surface area contributed by atoms with Gasteiger partial charge in [0.25, 0.3) is 0 Å². The van der Waals surface area contributed by atoms with Crippen LogP contribution in [0, 0.1) is 17.3 Å². The summed E-state index contributed by atoms with van der Waals surface area (Å²) in [7, 11) is -2.92. The van der Waals surface area contributed by atoms with E-state index in [1.165, 1.54) is 16.7 Å². The molecule has 2 aromatic carbocycles. The van der Waals surface area contributed by atoms with Crippen LogP contribution >= 0.6 is 0 Å². The first-order valence-corrected chi connectivity index (χ1v) is 17.5. The van der Waals surface area contributed by atoms with E-state index in [2.05, 4.69) is 44.2 Å². The Morgan fingerprint density at radius 2 is 1.70 bits per heavy atom. The molecule has 0 spiro atoms. The third-order valence-electron chi connectivity index (χ3n) is 10.4. The number of sulfone groups is 1. The summed E-state index contributed by atoms with van der Waals surface area (Å²) in [5, 5.41) is 21.2. The summed E-state index contributed by atoms with van der Waals surface area (Å²) in [6.07, 6.45) is 10.1. The Kier molecular flexibility index (Phi) is 9.16. The fourth-order valence-corrected chi connectivity index (χ4v) is 9.76. The van der Waals surface area contributed by atoms with Crippen LogP contribution in [0.15, 0.2) is 42.5 Å². The van der Waals surface area contributed by atoms with E-state index < -0.39 is 9.84 Å². The average Bonchev–Trinajstić information content (AvgIpc) is 3.24. The molecule has 6 heteroatoms. The molecule has 2 N–H and O–H groups in total. The molecule has 3 aliphatic rings. The number of ether oxygens (including phenoxy) is 1. The second-order valence-electron chi connectivity index (χ2n) is 13.0. The van der Waals surface area contributed by atoms with Crippen LogP contribution in [0.4, 0.5) is 0 Å². The van der Waals surface area contributed by atoms with Gasteiger partial charge in [-0.1, -0.05) is 44.9 Å². The van der Waals surface area contributed by atoms with E-state index in [0.29, 0.717) is 48.2 Å². The minimum Gasteiger partial charge on any atom is -0.508 e. The van der Waals surface area contributed by atoms with Gasteiger partial charge in [-0.25, -0.2) is 8.42 Å². The third-order valence-corrected chi connectivity index (χ3v) is 12.2. The van der Waals surface area contributed by atoms with Crippen molar-refractivity contribution < 1.29 is 23.4 Å². The molecular weight excluding hydrogens is 520 g/mol. The van der Waals surface area contributed by atoms with Crippen LogP contribution in [0.25, 0.3) is 0 Å². The third kappa shape index (κ3) is 6.23. The van der Waals surface area contributed by atoms with Crippen LogP contribution in [0.3, 0.4) is 0 Å². The van der Waals surface area contributed by atoms with Crippen molar-refractivity contribution in [2.75, 3.05) is 18.1 Å². The fourth-order valence-electron chi connectivity index (χ4n) is 8.27. The monoisotopic (exact) mass is 568 g/mol. The highest BCUT2D eigenvalue weighted by molar-refractivity contribution is 7.91. The molecule has 3 aliphatic carbocycles. The molecule has 40 heavy (non-hydrogen) atoms. The predicted octanol–water partition coefficient (Wildman–Crippen LogP) is 7.16. The molecule has 220 valence electrons. The highest BCUT2D eigenvalue weighted by atomic mass is 32.2. The van der Waals surface area contributed by atoms with Gasteiger partial charge in [0.05, 0.1) is 24.2 Å². The molecule has 2 saturated carbocycles. The lowest BCUT2D eigenvalue weighted by atomic mass is 9.51. The lowest BCUT2D eigenvalue weighted by molar-refractivity contribution is -0.0323. The van der Waals surface area contributed by atoms with Crippen LogP contribution in [-0.4, -0.2) is 42.8 Å². The molecular formula is C34H48O5S. The average molecular weight is 569 g/mol. The van der Waals surface area contributed by atoms with Gasteiger partial charge < -0.3 is 14.9 Å². The van der Waals surface area contributed by atoms with Crippen LogP contribution < -0.4 is 4.74 Å². The number of aryl methyl sites for hydroxylation is 1. The summed E-state index contributed by atoms with van der Waals surface area (Å²) in [6.45, 7) is 5.00. The quantitative estimate of drug-likeness (QED) is 0.266. The number of benzene rings is 2. The molecule has 0 aliphatic heterocycles. The van der Waals surface area contributed by atoms with Crippen LogP contribution in [0.1, 0.15) is 107 Å². The van der Waals surface area contributed by atoms with E-state index >= 15 is 0 Å². The van der Waals surface area contributed by atoms with E-state index in [1.807, 2.05) is 12.1 Å². The topological polar surface area (TPSA) is 83.8 Å². The predicted molar refractivity (Wildman–Crippen MR) is 161 cm³/mol. The smallest absolute Gasteiger partial charge is 0.150 e. The number of aromatic hydroxyl groups is 1. The maximum absolute atomic E-state index is 12.1. The second-order valence-corrected chi connectivity index (χ2v) is 15.3. The van der Waals surface area contributed by atoms with Gasteiger partial charge in [-0.2, -0.15) is 0 Å². The standard InChI is InChI=1S/C34H48O5S/c1-3-4-7-20-40(37,38)21-8-5-6-19-39-27-13-9-24(10-14-27)30-23-34(2)31(17-18-32(34)36)29-15-11-25-22-26(35)12-16-28(25)33(29)30/h9-10,12-14,16,22,29-33,35-36H,3-8,11,15,17-21,23H2,1-2H3/t29-,30+,31-,32-,33+,34-/m0/s1. The van der Waals surface area contributed by atoms with E-state index in [1.54, 1.807) is 0 Å². The Morgan fingerprint density at radius 3 is 2.45 bits per heavy atom. The van der Waals surface area contributed by atoms with Gasteiger partial charge in [-0.05, 0) is 128 Å².